The van der Waals surface area contributed by atoms with E-state index < -0.39 is 0 Å². The van der Waals surface area contributed by atoms with Crippen LogP contribution in [0, 0.1) is 12.8 Å². The number of likely N-dealkylation sites (tertiary alicyclic amines) is 1. The molecule has 0 bridgehead atoms. The van der Waals surface area contributed by atoms with E-state index in [0.717, 1.165) is 18.5 Å². The zero-order chi connectivity index (χ0) is 17.4. The van der Waals surface area contributed by atoms with Gasteiger partial charge in [-0.05, 0) is 38.0 Å². The van der Waals surface area contributed by atoms with Gasteiger partial charge in [0.05, 0.1) is 11.8 Å². The standard InChI is InChI=1S/C18H19N3O4/c1-11-14(8-19-20-11)18(23)21-6-2-3-13(9-21)17(22)12-4-5-15-16(7-12)25-10-24-15/h4-5,7-8,13H,2-3,6,9-10H2,1H3,(H,19,20)/t13-/m0/s1. The third kappa shape index (κ3) is 2.86. The van der Waals surface area contributed by atoms with Crippen molar-refractivity contribution in [1.29, 1.82) is 0 Å². The third-order valence-corrected chi connectivity index (χ3v) is 4.80. The number of ketones is 1. The molecule has 1 aromatic carbocycles. The highest BCUT2D eigenvalue weighted by Crippen LogP contribution is 2.34. The first-order valence-electron chi connectivity index (χ1n) is 8.36. The molecule has 0 unspecified atom stereocenters. The molecule has 3 heterocycles. The number of carbonyl (C=O) groups is 2. The second-order valence-corrected chi connectivity index (χ2v) is 6.43. The highest BCUT2D eigenvalue weighted by atomic mass is 16.7. The minimum atomic E-state index is -0.203. The lowest BCUT2D eigenvalue weighted by Gasteiger charge is -2.32. The largest absolute Gasteiger partial charge is 0.454 e. The van der Waals surface area contributed by atoms with Crippen molar-refractivity contribution in [3.05, 3.63) is 41.2 Å². The van der Waals surface area contributed by atoms with Crippen molar-refractivity contribution in [2.45, 2.75) is 19.8 Å². The Morgan fingerprint density at radius 1 is 1.28 bits per heavy atom. The Bertz CT molecular complexity index is 829. The van der Waals surface area contributed by atoms with Crippen molar-refractivity contribution < 1.29 is 19.1 Å². The molecule has 130 valence electrons. The molecule has 1 fully saturated rings. The normalized spacial score (nSPS) is 19.1. The monoisotopic (exact) mass is 341 g/mol. The number of nitrogens with one attached hydrogen (secondary N) is 1. The van der Waals surface area contributed by atoms with Crippen LogP contribution in [0.25, 0.3) is 0 Å². The molecule has 1 amide bonds. The summed E-state index contributed by atoms with van der Waals surface area (Å²) in [7, 11) is 0. The van der Waals surface area contributed by atoms with Crippen molar-refractivity contribution in [2.75, 3.05) is 19.9 Å². The molecule has 4 rings (SSSR count). The van der Waals surface area contributed by atoms with Crippen molar-refractivity contribution in [1.82, 2.24) is 15.1 Å². The van der Waals surface area contributed by atoms with Gasteiger partial charge in [-0.1, -0.05) is 0 Å². The Hall–Kier alpha value is -2.83. The van der Waals surface area contributed by atoms with Crippen LogP contribution in [-0.2, 0) is 0 Å². The maximum atomic E-state index is 12.9. The van der Waals surface area contributed by atoms with E-state index in [1.807, 2.05) is 6.92 Å². The molecule has 1 saturated heterocycles. The molecule has 0 spiro atoms. The third-order valence-electron chi connectivity index (χ3n) is 4.80. The average molecular weight is 341 g/mol. The second kappa shape index (κ2) is 6.23. The van der Waals surface area contributed by atoms with Gasteiger partial charge >= 0.3 is 0 Å². The number of aromatic amines is 1. The number of H-pyrrole nitrogens is 1. The number of aryl methyl sites for hydroxylation is 1. The van der Waals surface area contributed by atoms with Gasteiger partial charge in [0.25, 0.3) is 5.91 Å². The van der Waals surface area contributed by atoms with Gasteiger partial charge in [0.15, 0.2) is 17.3 Å². The number of Topliss-reactive ketones (excluding diaryl/α,β-unsaturated/α-hetero) is 1. The molecule has 0 aliphatic carbocycles. The number of carbonyl (C=O) groups excluding carboxylic acids is 2. The lowest BCUT2D eigenvalue weighted by atomic mass is 9.89. The van der Waals surface area contributed by atoms with E-state index in [2.05, 4.69) is 10.2 Å². The minimum absolute atomic E-state index is 0.0414. The summed E-state index contributed by atoms with van der Waals surface area (Å²) in [5, 5.41) is 6.69. The summed E-state index contributed by atoms with van der Waals surface area (Å²) in [5.41, 5.74) is 1.91. The fraction of sp³-hybridized carbons (Fsp3) is 0.389. The lowest BCUT2D eigenvalue weighted by Crippen LogP contribution is -2.42. The van der Waals surface area contributed by atoms with Crippen LogP contribution in [0.2, 0.25) is 0 Å². The number of piperidine rings is 1. The van der Waals surface area contributed by atoms with E-state index in [1.54, 1.807) is 29.3 Å². The molecular weight excluding hydrogens is 322 g/mol. The first-order chi connectivity index (χ1) is 12.1. The molecule has 25 heavy (non-hydrogen) atoms. The predicted octanol–water partition coefficient (Wildman–Crippen LogP) is 2.18. The highest BCUT2D eigenvalue weighted by molar-refractivity contribution is 6.00. The summed E-state index contributed by atoms with van der Waals surface area (Å²) < 4.78 is 10.6. The predicted molar refractivity (Wildman–Crippen MR) is 88.8 cm³/mol. The molecule has 7 nitrogen and oxygen atoms in total. The fourth-order valence-corrected chi connectivity index (χ4v) is 3.40. The number of fused-ring (bicyclic) bond motifs is 1. The number of rotatable bonds is 3. The van der Waals surface area contributed by atoms with Gasteiger partial charge < -0.3 is 14.4 Å². The van der Waals surface area contributed by atoms with Gasteiger partial charge in [0.1, 0.15) is 0 Å². The second-order valence-electron chi connectivity index (χ2n) is 6.43. The highest BCUT2D eigenvalue weighted by Gasteiger charge is 2.31. The molecule has 0 saturated carbocycles. The molecule has 0 radical (unpaired) electrons. The maximum absolute atomic E-state index is 12.9. The fourth-order valence-electron chi connectivity index (χ4n) is 3.40. The average Bonchev–Trinajstić information content (AvgIpc) is 3.28. The first kappa shape index (κ1) is 15.7. The van der Waals surface area contributed by atoms with Crippen molar-refractivity contribution in [3.8, 4) is 11.5 Å². The van der Waals surface area contributed by atoms with E-state index >= 15 is 0 Å². The van der Waals surface area contributed by atoms with Crippen molar-refractivity contribution >= 4 is 11.7 Å². The molecule has 7 heteroatoms. The molecule has 1 atom stereocenters. The van der Waals surface area contributed by atoms with Gasteiger partial charge in [0.2, 0.25) is 6.79 Å². The number of ether oxygens (including phenoxy) is 2. The van der Waals surface area contributed by atoms with Gasteiger partial charge in [-0.3, -0.25) is 14.7 Å². The van der Waals surface area contributed by atoms with Crippen LogP contribution in [-0.4, -0.2) is 46.7 Å². The van der Waals surface area contributed by atoms with Crippen LogP contribution in [0.3, 0.4) is 0 Å². The summed E-state index contributed by atoms with van der Waals surface area (Å²) in [4.78, 5) is 27.3. The summed E-state index contributed by atoms with van der Waals surface area (Å²) in [6.45, 7) is 3.09. The van der Waals surface area contributed by atoms with E-state index in [9.17, 15) is 9.59 Å². The Labute approximate surface area is 144 Å². The molecule has 2 aliphatic rings. The summed E-state index contributed by atoms with van der Waals surface area (Å²) in [6, 6.07) is 5.25. The van der Waals surface area contributed by atoms with E-state index in [-0.39, 0.29) is 24.4 Å². The van der Waals surface area contributed by atoms with Crippen LogP contribution in [0.4, 0.5) is 0 Å². The van der Waals surface area contributed by atoms with Gasteiger partial charge in [-0.15, -0.1) is 0 Å². The zero-order valence-corrected chi connectivity index (χ0v) is 13.9. The Morgan fingerprint density at radius 2 is 2.12 bits per heavy atom. The van der Waals surface area contributed by atoms with Gasteiger partial charge in [0, 0.05) is 30.3 Å². The number of aromatic nitrogens is 2. The van der Waals surface area contributed by atoms with Crippen LogP contribution < -0.4 is 9.47 Å². The topological polar surface area (TPSA) is 84.5 Å². The number of amides is 1. The van der Waals surface area contributed by atoms with Crippen molar-refractivity contribution in [3.63, 3.8) is 0 Å². The summed E-state index contributed by atoms with van der Waals surface area (Å²) in [6.07, 6.45) is 3.13. The molecule has 1 aromatic heterocycles. The Morgan fingerprint density at radius 3 is 2.92 bits per heavy atom. The van der Waals surface area contributed by atoms with Crippen molar-refractivity contribution in [2.24, 2.45) is 5.92 Å². The van der Waals surface area contributed by atoms with E-state index in [4.69, 9.17) is 9.47 Å². The smallest absolute Gasteiger partial charge is 0.257 e. The zero-order valence-electron chi connectivity index (χ0n) is 13.9. The van der Waals surface area contributed by atoms with Crippen LogP contribution in [0.1, 0.15) is 39.3 Å². The summed E-state index contributed by atoms with van der Waals surface area (Å²) >= 11 is 0. The molecule has 2 aliphatic heterocycles. The quantitative estimate of drug-likeness (QED) is 0.865. The van der Waals surface area contributed by atoms with E-state index in [0.29, 0.717) is 35.7 Å². The van der Waals surface area contributed by atoms with E-state index in [1.165, 1.54) is 0 Å². The number of hydrogen-bond donors (Lipinski definition) is 1. The Kier molecular flexibility index (Phi) is 3.91. The molecule has 1 N–H and O–H groups in total. The lowest BCUT2D eigenvalue weighted by molar-refractivity contribution is 0.0636. The maximum Gasteiger partial charge on any atom is 0.257 e. The summed E-state index contributed by atoms with van der Waals surface area (Å²) in [5.74, 6) is 1.02. The number of hydrogen-bond acceptors (Lipinski definition) is 5. The number of nitrogens with zero attached hydrogens (tertiary/aromatic N) is 2. The first-order valence-corrected chi connectivity index (χ1v) is 8.36. The van der Waals surface area contributed by atoms with Gasteiger partial charge in [-0.25, -0.2) is 0 Å². The van der Waals surface area contributed by atoms with Crippen LogP contribution in [0.5, 0.6) is 11.5 Å². The van der Waals surface area contributed by atoms with Crippen LogP contribution >= 0.6 is 0 Å². The van der Waals surface area contributed by atoms with Gasteiger partial charge in [-0.2, -0.15) is 5.10 Å². The molecule has 2 aromatic rings. The minimum Gasteiger partial charge on any atom is -0.454 e. The Balaban J connectivity index is 1.50. The number of benzene rings is 1. The molecular formula is C18H19N3O4. The van der Waals surface area contributed by atoms with Crippen LogP contribution in [0.15, 0.2) is 24.4 Å². The SMILES string of the molecule is Cc1[nH]ncc1C(=O)N1CCC[C@H](C(=O)c2ccc3c(c2)OCO3)C1.